The number of aromatic amines is 1. The van der Waals surface area contributed by atoms with Crippen LogP contribution in [0.4, 0.5) is 0 Å². The number of carbonyl (C=O) groups excluding carboxylic acids is 4. The van der Waals surface area contributed by atoms with Crippen molar-refractivity contribution in [3.05, 3.63) is 36.0 Å². The topological polar surface area (TPSA) is 201 Å². The van der Waals surface area contributed by atoms with Gasteiger partial charge in [0.05, 0.1) is 12.5 Å². The lowest BCUT2D eigenvalue weighted by Crippen LogP contribution is -2.57. The highest BCUT2D eigenvalue weighted by molar-refractivity contribution is 7.98. The zero-order valence-corrected chi connectivity index (χ0v) is 22.0. The summed E-state index contributed by atoms with van der Waals surface area (Å²) >= 11 is 1.47. The molecule has 4 atom stereocenters. The summed E-state index contributed by atoms with van der Waals surface area (Å²) in [6.45, 7) is 0.271. The molecule has 1 aliphatic rings. The number of hydrogen-bond acceptors (Lipinski definition) is 7. The van der Waals surface area contributed by atoms with Gasteiger partial charge < -0.3 is 37.1 Å². The molecule has 2 aromatic rings. The van der Waals surface area contributed by atoms with Crippen LogP contribution < -0.4 is 22.1 Å². The minimum absolute atomic E-state index is 0.105. The Bertz CT molecular complexity index is 1190. The molecule has 0 aliphatic carbocycles. The zero-order chi connectivity index (χ0) is 27.8. The molecule has 1 aromatic heterocycles. The quantitative estimate of drug-likeness (QED) is 0.197. The molecule has 13 heteroatoms. The molecule has 0 saturated carbocycles. The number of thioether (sulfide) groups is 1. The number of hydrogen-bond donors (Lipinski definition) is 6. The number of aromatic nitrogens is 1. The van der Waals surface area contributed by atoms with Crippen molar-refractivity contribution in [3.8, 4) is 0 Å². The molecule has 3 rings (SSSR count). The molecule has 8 N–H and O–H groups in total. The maximum Gasteiger partial charge on any atom is 0.326 e. The van der Waals surface area contributed by atoms with Gasteiger partial charge in [-0.2, -0.15) is 11.8 Å². The van der Waals surface area contributed by atoms with E-state index in [4.69, 9.17) is 11.5 Å². The Hall–Kier alpha value is -3.58. The molecule has 1 saturated heterocycles. The fraction of sp³-hybridized carbons (Fsp3) is 0.480. The molecule has 12 nitrogen and oxygen atoms in total. The van der Waals surface area contributed by atoms with Gasteiger partial charge in [0.2, 0.25) is 23.6 Å². The van der Waals surface area contributed by atoms with Gasteiger partial charge in [-0.15, -0.1) is 0 Å². The van der Waals surface area contributed by atoms with Crippen molar-refractivity contribution in [2.45, 2.75) is 56.3 Å². The normalized spacial score (nSPS) is 17.5. The van der Waals surface area contributed by atoms with E-state index in [1.54, 1.807) is 6.20 Å². The van der Waals surface area contributed by atoms with Crippen LogP contribution in [0.1, 0.15) is 31.2 Å². The number of H-pyrrole nitrogens is 1. The molecule has 1 aliphatic heterocycles. The van der Waals surface area contributed by atoms with Gasteiger partial charge in [0.25, 0.3) is 0 Å². The Morgan fingerprint density at radius 3 is 2.61 bits per heavy atom. The second-order valence-corrected chi connectivity index (χ2v) is 10.3. The lowest BCUT2D eigenvalue weighted by atomic mass is 10.0. The highest BCUT2D eigenvalue weighted by Gasteiger charge is 2.39. The standard InChI is InChI=1S/C25H34N6O6S/c1-38-10-8-18(25(36)37)29-23(34)20-7-4-9-31(20)24(35)19(30-22(33)16(26)12-21(27)32)11-14-13-28-17-6-3-2-5-15(14)17/h2-3,5-6,13,16,18-20,28H,4,7-12,26H2,1H3,(H2,27,32)(H,29,34)(H,30,33)(H,36,37). The monoisotopic (exact) mass is 546 g/mol. The summed E-state index contributed by atoms with van der Waals surface area (Å²) in [6.07, 6.45) is 4.46. The average molecular weight is 547 g/mol. The van der Waals surface area contributed by atoms with Crippen LogP contribution in [0.25, 0.3) is 10.9 Å². The summed E-state index contributed by atoms with van der Waals surface area (Å²) in [5.74, 6) is -3.11. The first-order valence-corrected chi connectivity index (χ1v) is 13.7. The lowest BCUT2D eigenvalue weighted by Gasteiger charge is -2.30. The number of para-hydroxylation sites is 1. The Kier molecular flexibility index (Phi) is 10.1. The highest BCUT2D eigenvalue weighted by atomic mass is 32.2. The van der Waals surface area contributed by atoms with Crippen LogP contribution >= 0.6 is 11.8 Å². The van der Waals surface area contributed by atoms with E-state index in [0.29, 0.717) is 18.6 Å². The third kappa shape index (κ3) is 7.25. The first-order valence-electron chi connectivity index (χ1n) is 12.3. The number of rotatable bonds is 13. The van der Waals surface area contributed by atoms with Gasteiger partial charge in [0.1, 0.15) is 18.1 Å². The summed E-state index contributed by atoms with van der Waals surface area (Å²) in [4.78, 5) is 67.0. The van der Waals surface area contributed by atoms with Crippen LogP contribution in [0.5, 0.6) is 0 Å². The van der Waals surface area contributed by atoms with Crippen molar-refractivity contribution >= 4 is 52.3 Å². The fourth-order valence-electron chi connectivity index (χ4n) is 4.57. The molecule has 38 heavy (non-hydrogen) atoms. The smallest absolute Gasteiger partial charge is 0.326 e. The van der Waals surface area contributed by atoms with Gasteiger partial charge in [-0.25, -0.2) is 4.79 Å². The number of nitrogens with two attached hydrogens (primary N) is 2. The Labute approximate surface area is 224 Å². The highest BCUT2D eigenvalue weighted by Crippen LogP contribution is 2.23. The van der Waals surface area contributed by atoms with Gasteiger partial charge in [0, 0.05) is 30.1 Å². The molecule has 1 aromatic carbocycles. The average Bonchev–Trinajstić information content (AvgIpc) is 3.52. The Balaban J connectivity index is 1.82. The van der Waals surface area contributed by atoms with Crippen LogP contribution in [0.15, 0.2) is 30.5 Å². The van der Waals surface area contributed by atoms with Crippen molar-refractivity contribution < 1.29 is 29.1 Å². The number of carboxylic acid groups (broad SMARTS) is 1. The van der Waals surface area contributed by atoms with Crippen LogP contribution in [-0.4, -0.2) is 87.3 Å². The number of aliphatic carboxylic acids is 1. The van der Waals surface area contributed by atoms with E-state index in [1.165, 1.54) is 16.7 Å². The minimum Gasteiger partial charge on any atom is -0.480 e. The number of amides is 4. The number of nitrogens with one attached hydrogen (secondary N) is 3. The summed E-state index contributed by atoms with van der Waals surface area (Å²) in [5, 5.41) is 15.6. The molecule has 1 fully saturated rings. The maximum atomic E-state index is 13.8. The third-order valence-electron chi connectivity index (χ3n) is 6.54. The Morgan fingerprint density at radius 1 is 1.18 bits per heavy atom. The SMILES string of the molecule is CSCCC(NC(=O)C1CCCN1C(=O)C(Cc1c[nH]c2ccccc12)NC(=O)C(N)CC(N)=O)C(=O)O. The van der Waals surface area contributed by atoms with Gasteiger partial charge >= 0.3 is 5.97 Å². The van der Waals surface area contributed by atoms with Crippen LogP contribution in [0.2, 0.25) is 0 Å². The molecule has 206 valence electrons. The summed E-state index contributed by atoms with van der Waals surface area (Å²) in [6, 6.07) is 3.23. The van der Waals surface area contributed by atoms with Crippen molar-refractivity contribution in [1.29, 1.82) is 0 Å². The molecule has 0 radical (unpaired) electrons. The van der Waals surface area contributed by atoms with E-state index in [2.05, 4.69) is 15.6 Å². The number of primary amides is 1. The van der Waals surface area contributed by atoms with Crippen LogP contribution in [0, 0.1) is 0 Å². The van der Waals surface area contributed by atoms with Crippen molar-refractivity contribution in [2.75, 3.05) is 18.6 Å². The van der Waals surface area contributed by atoms with Crippen molar-refractivity contribution in [3.63, 3.8) is 0 Å². The number of likely N-dealkylation sites (tertiary alicyclic amines) is 1. The molecule has 4 unspecified atom stereocenters. The number of carboxylic acids is 1. The van der Waals surface area contributed by atoms with E-state index in [-0.39, 0.29) is 25.8 Å². The molecule has 0 bridgehead atoms. The predicted octanol–water partition coefficient (Wildman–Crippen LogP) is -0.289. The molecule has 0 spiro atoms. The van der Waals surface area contributed by atoms with E-state index < -0.39 is 53.8 Å². The zero-order valence-electron chi connectivity index (χ0n) is 21.1. The van der Waals surface area contributed by atoms with Crippen molar-refractivity contribution in [2.24, 2.45) is 11.5 Å². The number of benzene rings is 1. The first-order chi connectivity index (χ1) is 18.1. The number of nitrogens with zero attached hydrogens (tertiary/aromatic N) is 1. The van der Waals surface area contributed by atoms with Crippen LogP contribution in [-0.2, 0) is 30.4 Å². The van der Waals surface area contributed by atoms with E-state index in [0.717, 1.165) is 16.5 Å². The second kappa shape index (κ2) is 13.3. The number of carbonyl (C=O) groups is 5. The van der Waals surface area contributed by atoms with Crippen molar-refractivity contribution in [1.82, 2.24) is 20.5 Å². The van der Waals surface area contributed by atoms with Gasteiger partial charge in [-0.1, -0.05) is 18.2 Å². The Morgan fingerprint density at radius 2 is 1.92 bits per heavy atom. The molecular weight excluding hydrogens is 512 g/mol. The maximum absolute atomic E-state index is 13.8. The first kappa shape index (κ1) is 29.0. The van der Waals surface area contributed by atoms with E-state index in [1.807, 2.05) is 30.5 Å². The van der Waals surface area contributed by atoms with Crippen LogP contribution in [0.3, 0.4) is 0 Å². The molecular formula is C25H34N6O6S. The lowest BCUT2D eigenvalue weighted by molar-refractivity contribution is -0.145. The largest absolute Gasteiger partial charge is 0.480 e. The van der Waals surface area contributed by atoms with Gasteiger partial charge in [-0.05, 0) is 42.9 Å². The van der Waals surface area contributed by atoms with E-state index >= 15 is 0 Å². The summed E-state index contributed by atoms with van der Waals surface area (Å²) in [5.41, 5.74) is 12.6. The van der Waals surface area contributed by atoms with Gasteiger partial charge in [-0.3, -0.25) is 19.2 Å². The summed E-state index contributed by atoms with van der Waals surface area (Å²) in [7, 11) is 0. The van der Waals surface area contributed by atoms with E-state index in [9.17, 15) is 29.1 Å². The molecule has 2 heterocycles. The minimum atomic E-state index is -1.24. The number of fused-ring (bicyclic) bond motifs is 1. The second-order valence-electron chi connectivity index (χ2n) is 9.27. The fourth-order valence-corrected chi connectivity index (χ4v) is 5.04. The predicted molar refractivity (Wildman–Crippen MR) is 143 cm³/mol. The molecule has 4 amide bonds. The summed E-state index contributed by atoms with van der Waals surface area (Å²) < 4.78 is 0. The third-order valence-corrected chi connectivity index (χ3v) is 7.18. The van der Waals surface area contributed by atoms with Gasteiger partial charge in [0.15, 0.2) is 0 Å².